The van der Waals surface area contributed by atoms with Crippen molar-refractivity contribution in [3.8, 4) is 0 Å². The van der Waals surface area contributed by atoms with Crippen molar-refractivity contribution in [1.29, 1.82) is 0 Å². The maximum Gasteiger partial charge on any atom is 0.280 e. The summed E-state index contributed by atoms with van der Waals surface area (Å²) in [4.78, 5) is 17.8. The fourth-order valence-corrected chi connectivity index (χ4v) is 1.68. The molecule has 0 saturated heterocycles. The Labute approximate surface area is 99.9 Å². The zero-order chi connectivity index (χ0) is 12.3. The summed E-state index contributed by atoms with van der Waals surface area (Å²) in [6.45, 7) is 3.93. The number of hydrogen-bond donors (Lipinski definition) is 0. The van der Waals surface area contributed by atoms with Crippen LogP contribution in [0.4, 0.5) is 5.69 Å². The number of aromatic nitrogens is 1. The highest BCUT2D eigenvalue weighted by Crippen LogP contribution is 2.18. The molecule has 17 heavy (non-hydrogen) atoms. The molecule has 0 bridgehead atoms. The van der Waals surface area contributed by atoms with Gasteiger partial charge in [-0.15, -0.1) is 0 Å². The number of nitrogens with zero attached hydrogens (tertiary/aromatic N) is 2. The zero-order valence-electron chi connectivity index (χ0n) is 9.83. The summed E-state index contributed by atoms with van der Waals surface area (Å²) in [6.07, 6.45) is 2.62. The number of rotatable bonds is 3. The molecule has 0 aliphatic heterocycles. The average molecular weight is 230 g/mol. The Kier molecular flexibility index (Phi) is 3.23. The predicted octanol–water partition coefficient (Wildman–Crippen LogP) is 2.73. The van der Waals surface area contributed by atoms with Crippen molar-refractivity contribution in [3.63, 3.8) is 0 Å². The highest BCUT2D eigenvalue weighted by molar-refractivity contribution is 6.04. The van der Waals surface area contributed by atoms with Gasteiger partial charge in [0.15, 0.2) is 12.1 Å². The highest BCUT2D eigenvalue weighted by Gasteiger charge is 2.22. The van der Waals surface area contributed by atoms with Crippen molar-refractivity contribution < 1.29 is 9.21 Å². The Balaban J connectivity index is 2.34. The van der Waals surface area contributed by atoms with E-state index < -0.39 is 0 Å². The van der Waals surface area contributed by atoms with Gasteiger partial charge in [0.2, 0.25) is 0 Å². The van der Waals surface area contributed by atoms with Crippen LogP contribution in [-0.4, -0.2) is 16.9 Å². The second-order valence-corrected chi connectivity index (χ2v) is 3.98. The topological polar surface area (TPSA) is 46.3 Å². The zero-order valence-corrected chi connectivity index (χ0v) is 9.83. The molecule has 0 atom stereocenters. The van der Waals surface area contributed by atoms with Crippen LogP contribution in [0, 0.1) is 0 Å². The smallest absolute Gasteiger partial charge is 0.280 e. The van der Waals surface area contributed by atoms with E-state index in [2.05, 4.69) is 4.98 Å². The molecular formula is C13H14N2O2. The Hall–Kier alpha value is -2.10. The summed E-state index contributed by atoms with van der Waals surface area (Å²) in [5, 5.41) is 0. The third-order valence-corrected chi connectivity index (χ3v) is 2.42. The molecule has 4 heteroatoms. The van der Waals surface area contributed by atoms with Crippen LogP contribution in [0.15, 0.2) is 47.4 Å². The molecule has 1 aromatic heterocycles. The van der Waals surface area contributed by atoms with Crippen LogP contribution in [0.1, 0.15) is 24.3 Å². The summed E-state index contributed by atoms with van der Waals surface area (Å²) >= 11 is 0. The van der Waals surface area contributed by atoms with Gasteiger partial charge in [-0.2, -0.15) is 0 Å². The van der Waals surface area contributed by atoms with Gasteiger partial charge in [-0.25, -0.2) is 4.98 Å². The molecule has 2 rings (SSSR count). The van der Waals surface area contributed by atoms with Crippen molar-refractivity contribution >= 4 is 11.6 Å². The van der Waals surface area contributed by atoms with Gasteiger partial charge in [0.1, 0.15) is 6.26 Å². The second kappa shape index (κ2) is 4.82. The van der Waals surface area contributed by atoms with Gasteiger partial charge < -0.3 is 9.32 Å². The van der Waals surface area contributed by atoms with Crippen LogP contribution in [0.25, 0.3) is 0 Å². The first kappa shape index (κ1) is 11.4. The van der Waals surface area contributed by atoms with Gasteiger partial charge >= 0.3 is 0 Å². The Morgan fingerprint density at radius 1 is 1.29 bits per heavy atom. The summed E-state index contributed by atoms with van der Waals surface area (Å²) in [6, 6.07) is 9.58. The second-order valence-electron chi connectivity index (χ2n) is 3.98. The summed E-state index contributed by atoms with van der Waals surface area (Å²) < 4.78 is 4.84. The number of para-hydroxylation sites is 1. The monoisotopic (exact) mass is 230 g/mol. The molecule has 1 amide bonds. The number of hydrogen-bond acceptors (Lipinski definition) is 3. The number of oxazole rings is 1. The number of anilines is 1. The largest absolute Gasteiger partial charge is 0.451 e. The first-order valence-electron chi connectivity index (χ1n) is 5.47. The van der Waals surface area contributed by atoms with Gasteiger partial charge in [0.05, 0.1) is 0 Å². The first-order chi connectivity index (χ1) is 8.20. The van der Waals surface area contributed by atoms with Crippen LogP contribution in [0.5, 0.6) is 0 Å². The van der Waals surface area contributed by atoms with Gasteiger partial charge in [-0.1, -0.05) is 18.2 Å². The van der Waals surface area contributed by atoms with Crippen molar-refractivity contribution in [2.75, 3.05) is 4.90 Å². The lowest BCUT2D eigenvalue weighted by atomic mass is 10.2. The van der Waals surface area contributed by atoms with Crippen LogP contribution in [0.2, 0.25) is 0 Å². The predicted molar refractivity (Wildman–Crippen MR) is 64.9 cm³/mol. The Morgan fingerprint density at radius 2 is 2.00 bits per heavy atom. The van der Waals surface area contributed by atoms with Gasteiger partial charge in [0, 0.05) is 11.7 Å². The molecule has 0 unspecified atom stereocenters. The molecule has 0 aliphatic carbocycles. The molecule has 0 N–H and O–H groups in total. The van der Waals surface area contributed by atoms with E-state index in [1.165, 1.54) is 12.7 Å². The van der Waals surface area contributed by atoms with Gasteiger partial charge in [-0.05, 0) is 26.0 Å². The number of carbonyl (C=O) groups is 1. The molecule has 4 nitrogen and oxygen atoms in total. The van der Waals surface area contributed by atoms with Crippen LogP contribution >= 0.6 is 0 Å². The van der Waals surface area contributed by atoms with E-state index >= 15 is 0 Å². The molecule has 1 heterocycles. The molecule has 0 saturated carbocycles. The maximum absolute atomic E-state index is 12.3. The maximum atomic E-state index is 12.3. The van der Waals surface area contributed by atoms with Gasteiger partial charge in [-0.3, -0.25) is 4.79 Å². The minimum atomic E-state index is -0.153. The SMILES string of the molecule is CC(C)N(C(=O)c1cocn1)c1ccccc1. The van der Waals surface area contributed by atoms with Crippen LogP contribution < -0.4 is 4.90 Å². The molecule has 2 aromatic rings. The third-order valence-electron chi connectivity index (χ3n) is 2.42. The average Bonchev–Trinajstić information content (AvgIpc) is 2.83. The van der Waals surface area contributed by atoms with Crippen LogP contribution in [0.3, 0.4) is 0 Å². The lowest BCUT2D eigenvalue weighted by molar-refractivity contribution is 0.0975. The number of benzene rings is 1. The molecule has 0 aliphatic rings. The molecule has 0 fully saturated rings. The molecular weight excluding hydrogens is 216 g/mol. The number of carbonyl (C=O) groups excluding carboxylic acids is 1. The molecule has 1 aromatic carbocycles. The third kappa shape index (κ3) is 2.36. The minimum Gasteiger partial charge on any atom is -0.451 e. The fourth-order valence-electron chi connectivity index (χ4n) is 1.68. The first-order valence-corrected chi connectivity index (χ1v) is 5.47. The van der Waals surface area contributed by atoms with Crippen molar-refractivity contribution in [2.45, 2.75) is 19.9 Å². The standard InChI is InChI=1S/C13H14N2O2/c1-10(2)15(11-6-4-3-5-7-11)13(16)12-8-17-9-14-12/h3-10H,1-2H3. The normalized spacial score (nSPS) is 10.5. The van der Waals surface area contributed by atoms with Crippen molar-refractivity contribution in [3.05, 3.63) is 48.7 Å². The molecule has 88 valence electrons. The van der Waals surface area contributed by atoms with Crippen LogP contribution in [-0.2, 0) is 0 Å². The van der Waals surface area contributed by atoms with E-state index in [1.54, 1.807) is 4.90 Å². The molecule has 0 spiro atoms. The van der Waals surface area contributed by atoms with Crippen molar-refractivity contribution in [1.82, 2.24) is 4.98 Å². The van der Waals surface area contributed by atoms with E-state index in [0.717, 1.165) is 5.69 Å². The quantitative estimate of drug-likeness (QED) is 0.814. The van der Waals surface area contributed by atoms with E-state index in [-0.39, 0.29) is 11.9 Å². The van der Waals surface area contributed by atoms with Crippen molar-refractivity contribution in [2.24, 2.45) is 0 Å². The van der Waals surface area contributed by atoms with E-state index in [1.807, 2.05) is 44.2 Å². The van der Waals surface area contributed by atoms with Gasteiger partial charge in [0.25, 0.3) is 5.91 Å². The number of amides is 1. The Bertz CT molecular complexity index is 477. The van der Waals surface area contributed by atoms with E-state index in [0.29, 0.717) is 5.69 Å². The highest BCUT2D eigenvalue weighted by atomic mass is 16.3. The summed E-state index contributed by atoms with van der Waals surface area (Å²) in [7, 11) is 0. The summed E-state index contributed by atoms with van der Waals surface area (Å²) in [5.41, 5.74) is 1.18. The minimum absolute atomic E-state index is 0.0570. The fraction of sp³-hybridized carbons (Fsp3) is 0.231. The lowest BCUT2D eigenvalue weighted by Crippen LogP contribution is -2.37. The molecule has 0 radical (unpaired) electrons. The van der Waals surface area contributed by atoms with E-state index in [9.17, 15) is 4.79 Å². The lowest BCUT2D eigenvalue weighted by Gasteiger charge is -2.25. The summed E-state index contributed by atoms with van der Waals surface area (Å²) in [5.74, 6) is -0.153. The Morgan fingerprint density at radius 3 is 2.53 bits per heavy atom. The van der Waals surface area contributed by atoms with E-state index in [4.69, 9.17) is 4.42 Å².